The van der Waals surface area contributed by atoms with Crippen molar-refractivity contribution in [2.75, 3.05) is 26.4 Å². The van der Waals surface area contributed by atoms with Crippen LogP contribution in [-0.2, 0) is 27.4 Å². The maximum Gasteiger partial charge on any atom is 0.257 e. The SMILES string of the molecule is Cc1oc(-c2ccccc2)nc1CON=CCCc1ccc(OCC(=O)NCC2CCOCC2)cc1. The lowest BCUT2D eigenvalue weighted by Gasteiger charge is -2.22. The Hall–Kier alpha value is -3.65. The van der Waals surface area contributed by atoms with E-state index in [0.29, 0.717) is 24.1 Å². The van der Waals surface area contributed by atoms with Crippen LogP contribution in [0.5, 0.6) is 5.75 Å². The molecule has 1 amide bonds. The second-order valence-electron chi connectivity index (χ2n) is 8.78. The first kappa shape index (κ1) is 25.4. The van der Waals surface area contributed by atoms with Crippen molar-refractivity contribution in [3.63, 3.8) is 0 Å². The zero-order chi connectivity index (χ0) is 25.0. The first-order chi connectivity index (χ1) is 17.7. The van der Waals surface area contributed by atoms with Gasteiger partial charge in [-0.15, -0.1) is 0 Å². The first-order valence-corrected chi connectivity index (χ1v) is 12.4. The third-order valence-electron chi connectivity index (χ3n) is 6.05. The van der Waals surface area contributed by atoms with E-state index in [4.69, 9.17) is 18.7 Å². The molecule has 190 valence electrons. The Morgan fingerprint density at radius 3 is 2.69 bits per heavy atom. The molecule has 1 aromatic heterocycles. The van der Waals surface area contributed by atoms with E-state index in [1.54, 1.807) is 6.21 Å². The number of aromatic nitrogens is 1. The van der Waals surface area contributed by atoms with Gasteiger partial charge in [0, 0.05) is 31.5 Å². The average Bonchev–Trinajstić information content (AvgIpc) is 3.30. The van der Waals surface area contributed by atoms with E-state index in [-0.39, 0.29) is 19.1 Å². The summed E-state index contributed by atoms with van der Waals surface area (Å²) in [6.07, 6.45) is 5.30. The summed E-state index contributed by atoms with van der Waals surface area (Å²) in [5.41, 5.74) is 2.82. The summed E-state index contributed by atoms with van der Waals surface area (Å²) >= 11 is 0. The monoisotopic (exact) mass is 491 g/mol. The van der Waals surface area contributed by atoms with Crippen LogP contribution in [0.15, 0.2) is 64.2 Å². The highest BCUT2D eigenvalue weighted by Crippen LogP contribution is 2.22. The van der Waals surface area contributed by atoms with Crippen molar-refractivity contribution in [3.8, 4) is 17.2 Å². The fraction of sp³-hybridized carbons (Fsp3) is 0.393. The molecule has 3 aromatic rings. The maximum atomic E-state index is 12.0. The number of nitrogens with one attached hydrogen (secondary N) is 1. The number of rotatable bonds is 12. The molecule has 2 heterocycles. The Bertz CT molecular complexity index is 1110. The fourth-order valence-electron chi connectivity index (χ4n) is 3.86. The minimum Gasteiger partial charge on any atom is -0.484 e. The second kappa shape index (κ2) is 13.4. The highest BCUT2D eigenvalue weighted by atomic mass is 16.6. The molecule has 0 atom stereocenters. The van der Waals surface area contributed by atoms with E-state index >= 15 is 0 Å². The maximum absolute atomic E-state index is 12.0. The normalized spacial score (nSPS) is 14.1. The molecule has 8 nitrogen and oxygen atoms in total. The zero-order valence-electron chi connectivity index (χ0n) is 20.7. The van der Waals surface area contributed by atoms with Crippen LogP contribution in [0.2, 0.25) is 0 Å². The molecule has 8 heteroatoms. The molecule has 0 spiro atoms. The van der Waals surface area contributed by atoms with Gasteiger partial charge in [-0.05, 0) is 68.4 Å². The van der Waals surface area contributed by atoms with Gasteiger partial charge in [0.15, 0.2) is 13.2 Å². The minimum absolute atomic E-state index is 0.0183. The number of ether oxygens (including phenoxy) is 2. The van der Waals surface area contributed by atoms with Crippen molar-refractivity contribution in [3.05, 3.63) is 71.6 Å². The number of carbonyl (C=O) groups is 1. The van der Waals surface area contributed by atoms with Crippen LogP contribution in [0, 0.1) is 12.8 Å². The third-order valence-corrected chi connectivity index (χ3v) is 6.05. The first-order valence-electron chi connectivity index (χ1n) is 12.4. The van der Waals surface area contributed by atoms with Gasteiger partial charge in [-0.25, -0.2) is 4.98 Å². The lowest BCUT2D eigenvalue weighted by Crippen LogP contribution is -2.35. The summed E-state index contributed by atoms with van der Waals surface area (Å²) in [6, 6.07) is 17.5. The smallest absolute Gasteiger partial charge is 0.257 e. The van der Waals surface area contributed by atoms with E-state index in [0.717, 1.165) is 61.5 Å². The molecule has 1 aliphatic rings. The Labute approximate surface area is 211 Å². The number of hydrogen-bond donors (Lipinski definition) is 1. The average molecular weight is 492 g/mol. The van der Waals surface area contributed by atoms with E-state index in [9.17, 15) is 4.79 Å². The second-order valence-corrected chi connectivity index (χ2v) is 8.78. The topological polar surface area (TPSA) is 95.2 Å². The lowest BCUT2D eigenvalue weighted by molar-refractivity contribution is -0.123. The number of oxazole rings is 1. The summed E-state index contributed by atoms with van der Waals surface area (Å²) < 4.78 is 16.7. The predicted octanol–water partition coefficient (Wildman–Crippen LogP) is 4.71. The van der Waals surface area contributed by atoms with E-state index in [2.05, 4.69) is 15.5 Å². The Morgan fingerprint density at radius 1 is 1.14 bits per heavy atom. The quantitative estimate of drug-likeness (QED) is 0.291. The highest BCUT2D eigenvalue weighted by molar-refractivity contribution is 5.77. The Kier molecular flexibility index (Phi) is 9.50. The number of oxime groups is 1. The van der Waals surface area contributed by atoms with Gasteiger partial charge in [-0.3, -0.25) is 4.79 Å². The molecule has 1 saturated heterocycles. The van der Waals surface area contributed by atoms with Crippen molar-refractivity contribution in [2.24, 2.45) is 11.1 Å². The van der Waals surface area contributed by atoms with Crippen LogP contribution < -0.4 is 10.1 Å². The number of nitrogens with zero attached hydrogens (tertiary/aromatic N) is 2. The third kappa shape index (κ3) is 7.95. The van der Waals surface area contributed by atoms with E-state index in [1.165, 1.54) is 0 Å². The summed E-state index contributed by atoms with van der Waals surface area (Å²) in [6.45, 7) is 4.39. The van der Waals surface area contributed by atoms with Crippen molar-refractivity contribution in [1.82, 2.24) is 10.3 Å². The van der Waals surface area contributed by atoms with Gasteiger partial charge in [-0.1, -0.05) is 35.5 Å². The molecule has 0 unspecified atom stereocenters. The van der Waals surface area contributed by atoms with Crippen molar-refractivity contribution < 1.29 is 23.5 Å². The van der Waals surface area contributed by atoms with Crippen molar-refractivity contribution in [2.45, 2.75) is 39.2 Å². The Morgan fingerprint density at radius 2 is 1.92 bits per heavy atom. The van der Waals surface area contributed by atoms with Crippen LogP contribution >= 0.6 is 0 Å². The van der Waals surface area contributed by atoms with Gasteiger partial charge >= 0.3 is 0 Å². The Balaban J connectivity index is 1.11. The van der Waals surface area contributed by atoms with E-state index in [1.807, 2.05) is 61.5 Å². The molecule has 1 aliphatic heterocycles. The molecular weight excluding hydrogens is 458 g/mol. The lowest BCUT2D eigenvalue weighted by atomic mass is 10.0. The molecule has 0 saturated carbocycles. The van der Waals surface area contributed by atoms with Crippen LogP contribution in [0.4, 0.5) is 0 Å². The molecule has 36 heavy (non-hydrogen) atoms. The van der Waals surface area contributed by atoms with Gasteiger partial charge in [-0.2, -0.15) is 0 Å². The van der Waals surface area contributed by atoms with Crippen LogP contribution in [0.1, 0.15) is 36.3 Å². The van der Waals surface area contributed by atoms with Gasteiger partial charge in [0.1, 0.15) is 17.2 Å². The molecule has 4 rings (SSSR count). The van der Waals surface area contributed by atoms with Crippen LogP contribution in [0.3, 0.4) is 0 Å². The summed E-state index contributed by atoms with van der Waals surface area (Å²) in [4.78, 5) is 21.9. The number of carbonyl (C=O) groups excluding carboxylic acids is 1. The fourth-order valence-corrected chi connectivity index (χ4v) is 3.86. The standard InChI is InChI=1S/C28H33N3O5/c1-21-26(31-28(36-21)24-7-3-2-4-8-24)19-35-30-15-5-6-22-9-11-25(12-10-22)34-20-27(32)29-18-23-13-16-33-17-14-23/h2-4,7-12,15,23H,5-6,13-14,16-20H2,1H3,(H,29,32). The largest absolute Gasteiger partial charge is 0.484 e. The number of benzene rings is 2. The molecule has 0 radical (unpaired) electrons. The summed E-state index contributed by atoms with van der Waals surface area (Å²) in [5.74, 6) is 2.38. The highest BCUT2D eigenvalue weighted by Gasteiger charge is 2.15. The van der Waals surface area contributed by atoms with Crippen LogP contribution in [0.25, 0.3) is 11.5 Å². The van der Waals surface area contributed by atoms with Crippen molar-refractivity contribution in [1.29, 1.82) is 0 Å². The number of hydrogen-bond acceptors (Lipinski definition) is 7. The number of aryl methyl sites for hydroxylation is 2. The van der Waals surface area contributed by atoms with Gasteiger partial charge in [0.25, 0.3) is 5.91 Å². The van der Waals surface area contributed by atoms with Crippen molar-refractivity contribution >= 4 is 12.1 Å². The molecule has 0 bridgehead atoms. The molecule has 2 aromatic carbocycles. The summed E-state index contributed by atoms with van der Waals surface area (Å²) in [7, 11) is 0. The zero-order valence-corrected chi connectivity index (χ0v) is 20.7. The van der Waals surface area contributed by atoms with E-state index < -0.39 is 0 Å². The van der Waals surface area contributed by atoms with Gasteiger partial charge < -0.3 is 24.0 Å². The summed E-state index contributed by atoms with van der Waals surface area (Å²) in [5, 5.41) is 6.99. The molecule has 0 aliphatic carbocycles. The predicted molar refractivity (Wildman–Crippen MR) is 137 cm³/mol. The van der Waals surface area contributed by atoms with Gasteiger partial charge in [0.2, 0.25) is 5.89 Å². The molecule has 1 fully saturated rings. The molecular formula is C28H33N3O5. The number of amides is 1. The minimum atomic E-state index is -0.0983. The molecule has 1 N–H and O–H groups in total. The van der Waals surface area contributed by atoms with Gasteiger partial charge in [0.05, 0.1) is 0 Å². The van der Waals surface area contributed by atoms with Crippen LogP contribution in [-0.4, -0.2) is 43.5 Å².